The van der Waals surface area contributed by atoms with Crippen LogP contribution in [0.15, 0.2) is 17.6 Å². The molecule has 3 heteroatoms. The zero-order valence-corrected chi connectivity index (χ0v) is 8.71. The zero-order valence-electron chi connectivity index (χ0n) is 8.71. The van der Waals surface area contributed by atoms with Crippen LogP contribution in [-0.2, 0) is 4.79 Å². The van der Waals surface area contributed by atoms with Crippen molar-refractivity contribution in [2.75, 3.05) is 13.6 Å². The van der Waals surface area contributed by atoms with Crippen LogP contribution < -0.4 is 0 Å². The molecule has 1 saturated heterocycles. The average molecular weight is 182 g/mol. The summed E-state index contributed by atoms with van der Waals surface area (Å²) >= 11 is 0. The van der Waals surface area contributed by atoms with Crippen LogP contribution in [0.2, 0.25) is 0 Å². The number of amidine groups is 1. The zero-order chi connectivity index (χ0) is 10.3. The first-order chi connectivity index (χ1) is 6.29. The molecule has 0 bridgehead atoms. The van der Waals surface area contributed by atoms with E-state index < -0.39 is 0 Å². The molecule has 1 aliphatic heterocycles. The Hall–Kier alpha value is -1.12. The maximum absolute atomic E-state index is 11.1. The van der Waals surface area contributed by atoms with E-state index in [1.54, 1.807) is 18.0 Å². The largest absolute Gasteiger partial charge is 0.297 e. The van der Waals surface area contributed by atoms with E-state index in [9.17, 15) is 4.79 Å². The lowest BCUT2D eigenvalue weighted by molar-refractivity contribution is -0.124. The van der Waals surface area contributed by atoms with Crippen molar-refractivity contribution in [1.29, 1.82) is 0 Å². The SMILES string of the molecule is C=CC(=NC)N1CCCC1=O.CC. The minimum atomic E-state index is 0.158. The van der Waals surface area contributed by atoms with E-state index in [0.717, 1.165) is 13.0 Å². The van der Waals surface area contributed by atoms with Crippen LogP contribution in [0.4, 0.5) is 0 Å². The summed E-state index contributed by atoms with van der Waals surface area (Å²) < 4.78 is 0. The van der Waals surface area contributed by atoms with Crippen LogP contribution in [0.25, 0.3) is 0 Å². The molecule has 0 atom stereocenters. The fourth-order valence-electron chi connectivity index (χ4n) is 1.21. The average Bonchev–Trinajstić information content (AvgIpc) is 2.58. The van der Waals surface area contributed by atoms with E-state index >= 15 is 0 Å². The summed E-state index contributed by atoms with van der Waals surface area (Å²) in [6.45, 7) is 8.38. The molecule has 3 nitrogen and oxygen atoms in total. The van der Waals surface area contributed by atoms with Gasteiger partial charge in [-0.2, -0.15) is 0 Å². The van der Waals surface area contributed by atoms with Crippen LogP contribution in [0.1, 0.15) is 26.7 Å². The third-order valence-corrected chi connectivity index (χ3v) is 1.76. The van der Waals surface area contributed by atoms with Crippen molar-refractivity contribution in [3.63, 3.8) is 0 Å². The summed E-state index contributed by atoms with van der Waals surface area (Å²) in [7, 11) is 1.67. The number of likely N-dealkylation sites (tertiary alicyclic amines) is 1. The number of carbonyl (C=O) groups is 1. The van der Waals surface area contributed by atoms with Gasteiger partial charge in [0.05, 0.1) is 0 Å². The molecule has 74 valence electrons. The second-order valence-electron chi connectivity index (χ2n) is 2.43. The normalized spacial score (nSPS) is 16.7. The monoisotopic (exact) mass is 182 g/mol. The van der Waals surface area contributed by atoms with Gasteiger partial charge in [-0.05, 0) is 12.5 Å². The fourth-order valence-corrected chi connectivity index (χ4v) is 1.21. The Bertz CT molecular complexity index is 209. The third kappa shape index (κ3) is 3.01. The first-order valence-corrected chi connectivity index (χ1v) is 4.69. The number of amides is 1. The predicted octanol–water partition coefficient (Wildman–Crippen LogP) is 1.85. The first-order valence-electron chi connectivity index (χ1n) is 4.69. The van der Waals surface area contributed by atoms with Crippen molar-refractivity contribution >= 4 is 11.7 Å². The Morgan fingerprint density at radius 3 is 2.54 bits per heavy atom. The fraction of sp³-hybridized carbons (Fsp3) is 0.600. The highest BCUT2D eigenvalue weighted by Crippen LogP contribution is 2.10. The molecular weight excluding hydrogens is 164 g/mol. The van der Waals surface area contributed by atoms with Crippen LogP contribution in [0, 0.1) is 0 Å². The molecule has 1 heterocycles. The Morgan fingerprint density at radius 1 is 1.62 bits per heavy atom. The van der Waals surface area contributed by atoms with Gasteiger partial charge < -0.3 is 0 Å². The number of aliphatic imine (C=N–C) groups is 1. The van der Waals surface area contributed by atoms with Crippen molar-refractivity contribution in [2.45, 2.75) is 26.7 Å². The molecule has 0 aromatic rings. The highest BCUT2D eigenvalue weighted by Gasteiger charge is 2.22. The summed E-state index contributed by atoms with van der Waals surface area (Å²) in [5, 5.41) is 0. The van der Waals surface area contributed by atoms with Crippen molar-refractivity contribution < 1.29 is 4.79 Å². The second kappa shape index (κ2) is 6.40. The Kier molecular flexibility index (Phi) is 5.85. The lowest BCUT2D eigenvalue weighted by Crippen LogP contribution is -2.30. The van der Waals surface area contributed by atoms with Crippen LogP contribution in [0.5, 0.6) is 0 Å². The lowest BCUT2D eigenvalue weighted by atomic mass is 10.4. The summed E-state index contributed by atoms with van der Waals surface area (Å²) in [6.07, 6.45) is 3.20. The molecule has 1 amide bonds. The van der Waals surface area contributed by atoms with Gasteiger partial charge in [-0.15, -0.1) is 0 Å². The molecule has 13 heavy (non-hydrogen) atoms. The molecular formula is C10H18N2O. The first kappa shape index (κ1) is 11.9. The van der Waals surface area contributed by atoms with Gasteiger partial charge in [-0.1, -0.05) is 20.4 Å². The van der Waals surface area contributed by atoms with Gasteiger partial charge in [-0.25, -0.2) is 0 Å². The van der Waals surface area contributed by atoms with Crippen molar-refractivity contribution in [3.8, 4) is 0 Å². The Balaban J connectivity index is 0.000000671. The van der Waals surface area contributed by atoms with Gasteiger partial charge in [0.15, 0.2) is 0 Å². The van der Waals surface area contributed by atoms with Crippen molar-refractivity contribution in [2.24, 2.45) is 4.99 Å². The van der Waals surface area contributed by atoms with Gasteiger partial charge in [0.25, 0.3) is 0 Å². The van der Waals surface area contributed by atoms with E-state index in [4.69, 9.17) is 0 Å². The molecule has 1 aliphatic rings. The minimum Gasteiger partial charge on any atom is -0.297 e. The van der Waals surface area contributed by atoms with Crippen LogP contribution in [-0.4, -0.2) is 30.2 Å². The van der Waals surface area contributed by atoms with Gasteiger partial charge in [-0.3, -0.25) is 14.7 Å². The number of carbonyl (C=O) groups excluding carboxylic acids is 1. The second-order valence-corrected chi connectivity index (χ2v) is 2.43. The van der Waals surface area contributed by atoms with E-state index in [1.165, 1.54) is 0 Å². The standard InChI is InChI=1S/C8H12N2O.C2H6/c1-3-7(9-2)10-6-4-5-8(10)11;1-2/h3H,1,4-6H2,2H3;1-2H3. The predicted molar refractivity (Wildman–Crippen MR) is 55.9 cm³/mol. The molecule has 0 radical (unpaired) electrons. The van der Waals surface area contributed by atoms with Gasteiger partial charge in [0, 0.05) is 20.0 Å². The van der Waals surface area contributed by atoms with E-state index in [2.05, 4.69) is 11.6 Å². The van der Waals surface area contributed by atoms with Crippen molar-refractivity contribution in [3.05, 3.63) is 12.7 Å². The minimum absolute atomic E-state index is 0.158. The van der Waals surface area contributed by atoms with Crippen LogP contribution in [0.3, 0.4) is 0 Å². The summed E-state index contributed by atoms with van der Waals surface area (Å²) in [6, 6.07) is 0. The lowest BCUT2D eigenvalue weighted by Gasteiger charge is -2.13. The Morgan fingerprint density at radius 2 is 2.23 bits per heavy atom. The maximum Gasteiger partial charge on any atom is 0.228 e. The Labute approximate surface area is 80.2 Å². The van der Waals surface area contributed by atoms with Gasteiger partial charge in [0.2, 0.25) is 5.91 Å². The molecule has 0 aromatic carbocycles. The van der Waals surface area contributed by atoms with Gasteiger partial charge >= 0.3 is 0 Å². The molecule has 0 unspecified atom stereocenters. The topological polar surface area (TPSA) is 32.7 Å². The molecule has 0 saturated carbocycles. The third-order valence-electron chi connectivity index (χ3n) is 1.76. The number of nitrogens with zero attached hydrogens (tertiary/aromatic N) is 2. The molecule has 0 aromatic heterocycles. The summed E-state index contributed by atoms with van der Waals surface area (Å²) in [5.41, 5.74) is 0. The molecule has 0 aliphatic carbocycles. The number of hydrogen-bond acceptors (Lipinski definition) is 2. The summed E-state index contributed by atoms with van der Waals surface area (Å²) in [4.78, 5) is 16.7. The number of rotatable bonds is 1. The molecule has 1 fully saturated rings. The molecule has 0 spiro atoms. The maximum atomic E-state index is 11.1. The highest BCUT2D eigenvalue weighted by atomic mass is 16.2. The van der Waals surface area contributed by atoms with E-state index in [1.807, 2.05) is 13.8 Å². The van der Waals surface area contributed by atoms with Gasteiger partial charge in [0.1, 0.15) is 5.84 Å². The van der Waals surface area contributed by atoms with E-state index in [0.29, 0.717) is 12.3 Å². The molecule has 1 rings (SSSR count). The highest BCUT2D eigenvalue weighted by molar-refractivity contribution is 6.04. The van der Waals surface area contributed by atoms with Crippen LogP contribution >= 0.6 is 0 Å². The van der Waals surface area contributed by atoms with E-state index in [-0.39, 0.29) is 5.91 Å². The number of hydrogen-bond donors (Lipinski definition) is 0. The summed E-state index contributed by atoms with van der Waals surface area (Å²) in [5.74, 6) is 0.845. The molecule has 0 N–H and O–H groups in total. The quantitative estimate of drug-likeness (QED) is 0.450. The van der Waals surface area contributed by atoms with Crippen molar-refractivity contribution in [1.82, 2.24) is 4.90 Å². The smallest absolute Gasteiger partial charge is 0.228 e.